The number of carbonyl (C=O) groups excluding carboxylic acids is 1. The SMILES string of the molecule is Cc1cc(Br)c(NC(=S)NC(=O)Cc2ccc(Cl)cc2)cc1C. The first-order valence-corrected chi connectivity index (χ1v) is 8.55. The van der Waals surface area contributed by atoms with E-state index in [4.69, 9.17) is 23.8 Å². The molecule has 120 valence electrons. The molecular weight excluding hydrogens is 396 g/mol. The van der Waals surface area contributed by atoms with E-state index in [1.807, 2.05) is 38.1 Å². The van der Waals surface area contributed by atoms with Crippen LogP contribution in [-0.2, 0) is 11.2 Å². The minimum absolute atomic E-state index is 0.176. The van der Waals surface area contributed by atoms with Gasteiger partial charge in [0.05, 0.1) is 12.1 Å². The van der Waals surface area contributed by atoms with Gasteiger partial charge in [-0.3, -0.25) is 4.79 Å². The van der Waals surface area contributed by atoms with Gasteiger partial charge in [-0.05, 0) is 83.0 Å². The highest BCUT2D eigenvalue weighted by atomic mass is 79.9. The molecule has 3 nitrogen and oxygen atoms in total. The summed E-state index contributed by atoms with van der Waals surface area (Å²) in [5.41, 5.74) is 4.03. The van der Waals surface area contributed by atoms with E-state index >= 15 is 0 Å². The molecule has 0 radical (unpaired) electrons. The van der Waals surface area contributed by atoms with Gasteiger partial charge in [-0.2, -0.15) is 0 Å². The first-order chi connectivity index (χ1) is 10.8. The molecule has 2 N–H and O–H groups in total. The minimum Gasteiger partial charge on any atom is -0.331 e. The lowest BCUT2D eigenvalue weighted by Gasteiger charge is -2.13. The van der Waals surface area contributed by atoms with E-state index in [0.29, 0.717) is 5.02 Å². The van der Waals surface area contributed by atoms with E-state index in [9.17, 15) is 4.79 Å². The van der Waals surface area contributed by atoms with Crippen molar-refractivity contribution in [1.82, 2.24) is 5.32 Å². The molecule has 0 saturated carbocycles. The van der Waals surface area contributed by atoms with E-state index in [1.165, 1.54) is 5.56 Å². The number of rotatable bonds is 3. The van der Waals surface area contributed by atoms with Crippen molar-refractivity contribution in [1.29, 1.82) is 0 Å². The first-order valence-electron chi connectivity index (χ1n) is 6.97. The number of hydrogen-bond donors (Lipinski definition) is 2. The van der Waals surface area contributed by atoms with Crippen molar-refractivity contribution in [2.45, 2.75) is 20.3 Å². The number of carbonyl (C=O) groups is 1. The normalized spacial score (nSPS) is 10.3. The summed E-state index contributed by atoms with van der Waals surface area (Å²) in [6, 6.07) is 11.1. The van der Waals surface area contributed by atoms with Gasteiger partial charge in [0.15, 0.2) is 5.11 Å². The molecule has 0 spiro atoms. The van der Waals surface area contributed by atoms with Crippen LogP contribution in [0.4, 0.5) is 5.69 Å². The van der Waals surface area contributed by atoms with Crippen molar-refractivity contribution < 1.29 is 4.79 Å². The Labute approximate surface area is 154 Å². The Morgan fingerprint density at radius 3 is 2.43 bits per heavy atom. The fourth-order valence-corrected chi connectivity index (χ4v) is 2.90. The Balaban J connectivity index is 1.95. The summed E-state index contributed by atoms with van der Waals surface area (Å²) in [7, 11) is 0. The maximum Gasteiger partial charge on any atom is 0.230 e. The lowest BCUT2D eigenvalue weighted by Crippen LogP contribution is -2.35. The maximum absolute atomic E-state index is 12.0. The highest BCUT2D eigenvalue weighted by Gasteiger charge is 2.09. The number of amides is 1. The van der Waals surface area contributed by atoms with Crippen LogP contribution in [0.1, 0.15) is 16.7 Å². The van der Waals surface area contributed by atoms with Crippen LogP contribution in [0.25, 0.3) is 0 Å². The fraction of sp³-hybridized carbons (Fsp3) is 0.176. The molecule has 0 unspecified atom stereocenters. The molecule has 0 fully saturated rings. The van der Waals surface area contributed by atoms with Gasteiger partial charge in [-0.1, -0.05) is 23.7 Å². The number of thiocarbonyl (C=S) groups is 1. The number of benzene rings is 2. The largest absolute Gasteiger partial charge is 0.331 e. The summed E-state index contributed by atoms with van der Waals surface area (Å²) < 4.78 is 0.898. The predicted octanol–water partition coefficient (Wildman–Crippen LogP) is 4.78. The molecule has 0 aliphatic carbocycles. The zero-order valence-corrected chi connectivity index (χ0v) is 15.9. The average molecular weight is 412 g/mol. The lowest BCUT2D eigenvalue weighted by molar-refractivity contribution is -0.119. The number of anilines is 1. The molecule has 0 heterocycles. The summed E-state index contributed by atoms with van der Waals surface area (Å²) >= 11 is 14.5. The van der Waals surface area contributed by atoms with Crippen molar-refractivity contribution in [3.05, 3.63) is 62.6 Å². The van der Waals surface area contributed by atoms with E-state index < -0.39 is 0 Å². The molecule has 0 bridgehead atoms. The maximum atomic E-state index is 12.0. The van der Waals surface area contributed by atoms with Crippen molar-refractivity contribution in [3.8, 4) is 0 Å². The third kappa shape index (κ3) is 5.30. The van der Waals surface area contributed by atoms with Crippen LogP contribution in [0.15, 0.2) is 40.9 Å². The Morgan fingerprint density at radius 1 is 1.17 bits per heavy atom. The number of aryl methyl sites for hydroxylation is 2. The predicted molar refractivity (Wildman–Crippen MR) is 103 cm³/mol. The molecule has 6 heteroatoms. The van der Waals surface area contributed by atoms with E-state index in [0.717, 1.165) is 21.3 Å². The summed E-state index contributed by atoms with van der Waals surface area (Å²) in [4.78, 5) is 12.0. The molecular formula is C17H16BrClN2OS. The highest BCUT2D eigenvalue weighted by molar-refractivity contribution is 9.10. The van der Waals surface area contributed by atoms with Gasteiger partial charge < -0.3 is 10.6 Å². The molecule has 23 heavy (non-hydrogen) atoms. The number of nitrogens with one attached hydrogen (secondary N) is 2. The summed E-state index contributed by atoms with van der Waals surface area (Å²) in [5.74, 6) is -0.176. The molecule has 2 rings (SSSR count). The molecule has 2 aromatic rings. The average Bonchev–Trinajstić information content (AvgIpc) is 2.47. The van der Waals surface area contributed by atoms with Crippen molar-refractivity contribution in [2.75, 3.05) is 5.32 Å². The Morgan fingerprint density at radius 2 is 1.78 bits per heavy atom. The van der Waals surface area contributed by atoms with Gasteiger partial charge in [-0.25, -0.2) is 0 Å². The third-order valence-electron chi connectivity index (χ3n) is 3.36. The van der Waals surface area contributed by atoms with Gasteiger partial charge in [-0.15, -0.1) is 0 Å². The standard InChI is InChI=1S/C17H16BrClN2OS/c1-10-7-14(18)15(8-11(10)2)20-17(23)21-16(22)9-12-3-5-13(19)6-4-12/h3-8H,9H2,1-2H3,(H2,20,21,22,23). The molecule has 0 aliphatic rings. The Kier molecular flexibility index (Phi) is 6.16. The van der Waals surface area contributed by atoms with Crippen LogP contribution in [0, 0.1) is 13.8 Å². The van der Waals surface area contributed by atoms with Gasteiger partial charge in [0, 0.05) is 9.50 Å². The van der Waals surface area contributed by atoms with Crippen molar-refractivity contribution >= 4 is 56.5 Å². The molecule has 2 aromatic carbocycles. The van der Waals surface area contributed by atoms with Gasteiger partial charge in [0.2, 0.25) is 5.91 Å². The minimum atomic E-state index is -0.176. The quantitative estimate of drug-likeness (QED) is 0.715. The summed E-state index contributed by atoms with van der Waals surface area (Å²) in [6.07, 6.45) is 0.243. The number of halogens is 2. The zero-order chi connectivity index (χ0) is 17.0. The summed E-state index contributed by atoms with van der Waals surface area (Å²) in [5, 5.41) is 6.63. The second kappa shape index (κ2) is 7.90. The fourth-order valence-electron chi connectivity index (χ4n) is 1.99. The second-order valence-electron chi connectivity index (χ2n) is 5.22. The van der Waals surface area contributed by atoms with Crippen LogP contribution in [0.5, 0.6) is 0 Å². The Bertz CT molecular complexity index is 747. The van der Waals surface area contributed by atoms with Crippen LogP contribution in [-0.4, -0.2) is 11.0 Å². The first kappa shape index (κ1) is 17.9. The molecule has 0 aliphatic heterocycles. The summed E-state index contributed by atoms with van der Waals surface area (Å²) in [6.45, 7) is 4.06. The van der Waals surface area contributed by atoms with E-state index in [1.54, 1.807) is 12.1 Å². The second-order valence-corrected chi connectivity index (χ2v) is 6.92. The Hall–Kier alpha value is -1.43. The van der Waals surface area contributed by atoms with Crippen LogP contribution in [0.3, 0.4) is 0 Å². The van der Waals surface area contributed by atoms with Crippen LogP contribution in [0.2, 0.25) is 5.02 Å². The topological polar surface area (TPSA) is 41.1 Å². The van der Waals surface area contributed by atoms with Crippen molar-refractivity contribution in [3.63, 3.8) is 0 Å². The molecule has 0 atom stereocenters. The van der Waals surface area contributed by atoms with Gasteiger partial charge >= 0.3 is 0 Å². The smallest absolute Gasteiger partial charge is 0.230 e. The lowest BCUT2D eigenvalue weighted by atomic mass is 10.1. The van der Waals surface area contributed by atoms with Crippen LogP contribution < -0.4 is 10.6 Å². The van der Waals surface area contributed by atoms with E-state index in [2.05, 4.69) is 26.6 Å². The van der Waals surface area contributed by atoms with Gasteiger partial charge in [0.1, 0.15) is 0 Å². The highest BCUT2D eigenvalue weighted by Crippen LogP contribution is 2.26. The zero-order valence-electron chi connectivity index (χ0n) is 12.7. The third-order valence-corrected chi connectivity index (χ3v) is 4.47. The van der Waals surface area contributed by atoms with Crippen LogP contribution >= 0.6 is 39.7 Å². The van der Waals surface area contributed by atoms with Crippen molar-refractivity contribution in [2.24, 2.45) is 0 Å². The molecule has 0 aromatic heterocycles. The molecule has 1 amide bonds. The monoisotopic (exact) mass is 410 g/mol. The van der Waals surface area contributed by atoms with E-state index in [-0.39, 0.29) is 17.4 Å². The van der Waals surface area contributed by atoms with Gasteiger partial charge in [0.25, 0.3) is 0 Å². The molecule has 0 saturated heterocycles. The number of hydrogen-bond acceptors (Lipinski definition) is 2.